The standard InChI is InChI=1S/C51H36O/c1-51(2)45-31-30-36(32-44(45)47-41-22-12-13-23-42(41)50-48(49(47)51)43-24-14-15-25-46(43)52-50)38-19-9-4-3-8-18-37(39-20-10-11-21-40(38)39)35-28-26-34(27-29-35)33-16-6-5-7-17-33/h3-32H,1-2H3. The molecule has 0 N–H and O–H groups in total. The van der Waals surface area contributed by atoms with Crippen LogP contribution in [0.1, 0.15) is 25.0 Å². The Morgan fingerprint density at radius 2 is 0.885 bits per heavy atom. The lowest BCUT2D eigenvalue weighted by atomic mass is 9.79. The fourth-order valence-corrected chi connectivity index (χ4v) is 8.69. The van der Waals surface area contributed by atoms with Gasteiger partial charge in [-0.2, -0.15) is 0 Å². The van der Waals surface area contributed by atoms with Crippen molar-refractivity contribution in [1.82, 2.24) is 0 Å². The Hall–Kier alpha value is -6.44. The Morgan fingerprint density at radius 3 is 1.60 bits per heavy atom. The summed E-state index contributed by atoms with van der Waals surface area (Å²) in [5.41, 5.74) is 14.2. The summed E-state index contributed by atoms with van der Waals surface area (Å²) in [4.78, 5) is 0. The van der Waals surface area contributed by atoms with E-state index in [9.17, 15) is 0 Å². The molecule has 0 radical (unpaired) electrons. The maximum atomic E-state index is 6.64. The third-order valence-corrected chi connectivity index (χ3v) is 11.1. The Bertz CT molecular complexity index is 2910. The van der Waals surface area contributed by atoms with E-state index in [0.29, 0.717) is 0 Å². The average molecular weight is 665 g/mol. The summed E-state index contributed by atoms with van der Waals surface area (Å²) in [6.07, 6.45) is 0. The average Bonchev–Trinajstić information content (AvgIpc) is 3.69. The second kappa shape index (κ2) is 11.8. The molecule has 1 aromatic heterocycles. The summed E-state index contributed by atoms with van der Waals surface area (Å²) >= 11 is 0. The normalized spacial score (nSPS) is 13.0. The Morgan fingerprint density at radius 1 is 0.385 bits per heavy atom. The second-order valence-corrected chi connectivity index (χ2v) is 14.4. The first-order chi connectivity index (χ1) is 25.6. The molecule has 1 nitrogen and oxygen atoms in total. The van der Waals surface area contributed by atoms with Crippen molar-refractivity contribution < 1.29 is 4.42 Å². The van der Waals surface area contributed by atoms with Crippen LogP contribution in [0.5, 0.6) is 0 Å². The first kappa shape index (κ1) is 30.4. The van der Waals surface area contributed by atoms with Gasteiger partial charge in [0, 0.05) is 21.6 Å². The third kappa shape index (κ3) is 4.63. The van der Waals surface area contributed by atoms with Crippen LogP contribution in [0.25, 0.3) is 88.0 Å². The fourth-order valence-electron chi connectivity index (χ4n) is 8.69. The third-order valence-electron chi connectivity index (χ3n) is 11.1. The van der Waals surface area contributed by atoms with E-state index >= 15 is 0 Å². The molecule has 52 heavy (non-hydrogen) atoms. The molecule has 1 heterocycles. The van der Waals surface area contributed by atoms with Gasteiger partial charge in [0.1, 0.15) is 11.2 Å². The van der Waals surface area contributed by atoms with E-state index < -0.39 is 0 Å². The molecule has 0 saturated heterocycles. The van der Waals surface area contributed by atoms with Crippen LogP contribution < -0.4 is 0 Å². The van der Waals surface area contributed by atoms with E-state index in [0.717, 1.165) is 16.6 Å². The van der Waals surface area contributed by atoms with E-state index in [1.165, 1.54) is 82.6 Å². The van der Waals surface area contributed by atoms with Crippen LogP contribution >= 0.6 is 0 Å². The maximum Gasteiger partial charge on any atom is 0.143 e. The number of benzene rings is 7. The van der Waals surface area contributed by atoms with Gasteiger partial charge in [-0.1, -0.05) is 184 Å². The minimum atomic E-state index is -0.215. The Balaban J connectivity index is 1.23. The van der Waals surface area contributed by atoms with Gasteiger partial charge >= 0.3 is 0 Å². The minimum absolute atomic E-state index is 0.215. The zero-order valence-electron chi connectivity index (χ0n) is 29.2. The van der Waals surface area contributed by atoms with Crippen LogP contribution in [0.15, 0.2) is 186 Å². The lowest BCUT2D eigenvalue weighted by Crippen LogP contribution is -2.15. The first-order valence-electron chi connectivity index (χ1n) is 18.1. The minimum Gasteiger partial charge on any atom is -0.455 e. The topological polar surface area (TPSA) is 13.1 Å². The molecule has 1 heteroatoms. The highest BCUT2D eigenvalue weighted by Crippen LogP contribution is 2.56. The van der Waals surface area contributed by atoms with Gasteiger partial charge in [-0.25, -0.2) is 0 Å². The molecular weight excluding hydrogens is 629 g/mol. The molecule has 0 bridgehead atoms. The van der Waals surface area contributed by atoms with E-state index in [-0.39, 0.29) is 5.41 Å². The second-order valence-electron chi connectivity index (χ2n) is 14.4. The van der Waals surface area contributed by atoms with E-state index in [2.05, 4.69) is 196 Å². The van der Waals surface area contributed by atoms with E-state index in [1.807, 2.05) is 0 Å². The summed E-state index contributed by atoms with van der Waals surface area (Å²) in [7, 11) is 0. The van der Waals surface area contributed by atoms with Crippen LogP contribution in [0.3, 0.4) is 0 Å². The summed E-state index contributed by atoms with van der Waals surface area (Å²) in [5.74, 6) is 0. The molecule has 0 spiro atoms. The summed E-state index contributed by atoms with van der Waals surface area (Å²) < 4.78 is 6.64. The SMILES string of the molecule is CC1(C)c2ccc(-c3ccccccc(-c4ccc(-c5ccccc5)cc4)c4ccccc34)cc2-c2c1c1c3ccccc3oc1c1ccccc21. The van der Waals surface area contributed by atoms with Crippen molar-refractivity contribution in [3.05, 3.63) is 193 Å². The van der Waals surface area contributed by atoms with Crippen LogP contribution in [-0.4, -0.2) is 0 Å². The van der Waals surface area contributed by atoms with Gasteiger partial charge in [0.25, 0.3) is 0 Å². The van der Waals surface area contributed by atoms with Gasteiger partial charge in [0.2, 0.25) is 0 Å². The monoisotopic (exact) mass is 664 g/mol. The van der Waals surface area contributed by atoms with Crippen LogP contribution in [0.4, 0.5) is 0 Å². The molecule has 246 valence electrons. The zero-order chi connectivity index (χ0) is 34.8. The van der Waals surface area contributed by atoms with E-state index in [1.54, 1.807) is 0 Å². The molecule has 0 unspecified atom stereocenters. The number of para-hydroxylation sites is 1. The predicted octanol–water partition coefficient (Wildman–Crippen LogP) is 14.3. The van der Waals surface area contributed by atoms with Crippen molar-refractivity contribution in [1.29, 1.82) is 0 Å². The molecule has 9 aromatic rings. The Kier molecular flexibility index (Phi) is 6.91. The number of rotatable bonds is 3. The lowest BCUT2D eigenvalue weighted by Gasteiger charge is -2.23. The molecule has 1 aliphatic carbocycles. The van der Waals surface area contributed by atoms with Gasteiger partial charge in [0.15, 0.2) is 0 Å². The van der Waals surface area contributed by atoms with Crippen molar-refractivity contribution in [2.75, 3.05) is 0 Å². The van der Waals surface area contributed by atoms with Gasteiger partial charge in [-0.3, -0.25) is 0 Å². The van der Waals surface area contributed by atoms with Crippen LogP contribution in [0, 0.1) is 0 Å². The van der Waals surface area contributed by atoms with Crippen molar-refractivity contribution in [3.63, 3.8) is 0 Å². The molecule has 10 rings (SSSR count). The summed E-state index contributed by atoms with van der Waals surface area (Å²) in [6.45, 7) is 4.75. The molecule has 0 amide bonds. The number of furan rings is 1. The fraction of sp³-hybridized carbons (Fsp3) is 0.0588. The molecule has 0 saturated carbocycles. The van der Waals surface area contributed by atoms with Crippen molar-refractivity contribution in [2.45, 2.75) is 19.3 Å². The highest BCUT2D eigenvalue weighted by molar-refractivity contribution is 6.23. The van der Waals surface area contributed by atoms with Crippen LogP contribution in [0.2, 0.25) is 0 Å². The number of hydrogen-bond donors (Lipinski definition) is 0. The first-order valence-corrected chi connectivity index (χ1v) is 18.1. The van der Waals surface area contributed by atoms with Crippen LogP contribution in [-0.2, 0) is 5.41 Å². The summed E-state index contributed by atoms with van der Waals surface area (Å²) in [5, 5.41) is 7.23. The maximum absolute atomic E-state index is 6.64. The van der Waals surface area contributed by atoms with Crippen molar-refractivity contribution in [2.24, 2.45) is 0 Å². The quantitative estimate of drug-likeness (QED) is 0.183. The molecule has 0 atom stereocenters. The molecular formula is C51H36O. The lowest BCUT2D eigenvalue weighted by molar-refractivity contribution is 0.659. The van der Waals surface area contributed by atoms with E-state index in [4.69, 9.17) is 4.42 Å². The number of hydrogen-bond acceptors (Lipinski definition) is 1. The van der Waals surface area contributed by atoms with Crippen molar-refractivity contribution >= 4 is 43.5 Å². The van der Waals surface area contributed by atoms with Gasteiger partial charge in [-0.05, 0) is 83.9 Å². The Labute approximate surface area is 303 Å². The largest absolute Gasteiger partial charge is 0.455 e. The predicted molar refractivity (Wildman–Crippen MR) is 220 cm³/mol. The smallest absolute Gasteiger partial charge is 0.143 e. The molecule has 0 fully saturated rings. The number of fused-ring (bicyclic) bond motifs is 11. The van der Waals surface area contributed by atoms with Gasteiger partial charge < -0.3 is 4.42 Å². The van der Waals surface area contributed by atoms with Gasteiger partial charge in [-0.15, -0.1) is 0 Å². The molecule has 1 aliphatic rings. The molecule has 8 aromatic carbocycles. The highest BCUT2D eigenvalue weighted by Gasteiger charge is 2.40. The molecule has 0 aliphatic heterocycles. The highest BCUT2D eigenvalue weighted by atomic mass is 16.3. The zero-order valence-corrected chi connectivity index (χ0v) is 29.2. The van der Waals surface area contributed by atoms with Gasteiger partial charge in [0.05, 0.1) is 0 Å². The van der Waals surface area contributed by atoms with Crippen molar-refractivity contribution in [3.8, 4) is 44.5 Å². The summed E-state index contributed by atoms with van der Waals surface area (Å²) in [6, 6.07) is 65.9.